The molecule has 0 unspecified atom stereocenters. The number of nitrogens with zero attached hydrogens (tertiary/aromatic N) is 2. The highest BCUT2D eigenvalue weighted by molar-refractivity contribution is 5.80. The molecule has 0 N–H and O–H groups in total. The van der Waals surface area contributed by atoms with E-state index in [1.54, 1.807) is 0 Å². The van der Waals surface area contributed by atoms with Crippen LogP contribution in [-0.4, -0.2) is 9.38 Å². The fraction of sp³-hybridized carbons (Fsp3) is 0. The van der Waals surface area contributed by atoms with Crippen LogP contribution in [0.15, 0.2) is 102 Å². The molecule has 3 aromatic carbocycles. The zero-order valence-electron chi connectivity index (χ0n) is 14.0. The minimum atomic E-state index is 0.599. The van der Waals surface area contributed by atoms with E-state index < -0.39 is 0 Å². The fourth-order valence-electron chi connectivity index (χ4n) is 3.24. The molecule has 2 aromatic heterocycles. The Kier molecular flexibility index (Phi) is 3.42. The second-order valence-corrected chi connectivity index (χ2v) is 6.16. The van der Waals surface area contributed by atoms with Crippen molar-refractivity contribution in [1.29, 1.82) is 0 Å². The molecular formula is C23H16N2O. The summed E-state index contributed by atoms with van der Waals surface area (Å²) in [5.41, 5.74) is 5.13. The van der Waals surface area contributed by atoms with Crippen LogP contribution in [0.3, 0.4) is 0 Å². The summed E-state index contributed by atoms with van der Waals surface area (Å²) in [4.78, 5) is 4.71. The Morgan fingerprint density at radius 3 is 1.77 bits per heavy atom. The van der Waals surface area contributed by atoms with Crippen molar-refractivity contribution in [3.8, 4) is 33.8 Å². The van der Waals surface area contributed by atoms with E-state index >= 15 is 0 Å². The predicted molar refractivity (Wildman–Crippen MR) is 104 cm³/mol. The summed E-state index contributed by atoms with van der Waals surface area (Å²) >= 11 is 0. The first-order valence-corrected chi connectivity index (χ1v) is 8.58. The van der Waals surface area contributed by atoms with Crippen molar-refractivity contribution in [1.82, 2.24) is 9.38 Å². The predicted octanol–water partition coefficient (Wildman–Crippen LogP) is 5.93. The molecule has 0 fully saturated rings. The number of rotatable bonds is 3. The van der Waals surface area contributed by atoms with Gasteiger partial charge in [0.05, 0.1) is 5.69 Å². The van der Waals surface area contributed by atoms with E-state index in [1.807, 2.05) is 65.2 Å². The Morgan fingerprint density at radius 2 is 1.15 bits per heavy atom. The smallest absolute Gasteiger partial charge is 0.307 e. The molecule has 0 amide bonds. The van der Waals surface area contributed by atoms with Gasteiger partial charge in [-0.2, -0.15) is 4.98 Å². The molecule has 26 heavy (non-hydrogen) atoms. The molecular weight excluding hydrogens is 320 g/mol. The summed E-state index contributed by atoms with van der Waals surface area (Å²) in [5, 5.41) is 0. The van der Waals surface area contributed by atoms with Crippen LogP contribution in [0.5, 0.6) is 0 Å². The maximum atomic E-state index is 6.19. The molecule has 5 aromatic rings. The first kappa shape index (κ1) is 14.7. The molecule has 3 nitrogen and oxygen atoms in total. The lowest BCUT2D eigenvalue weighted by atomic mass is 10.1. The molecule has 0 saturated heterocycles. The third kappa shape index (κ3) is 2.42. The van der Waals surface area contributed by atoms with E-state index in [0.717, 1.165) is 33.8 Å². The van der Waals surface area contributed by atoms with Gasteiger partial charge in [0.25, 0.3) is 0 Å². The van der Waals surface area contributed by atoms with Gasteiger partial charge in [0.2, 0.25) is 0 Å². The second-order valence-electron chi connectivity index (χ2n) is 6.16. The van der Waals surface area contributed by atoms with Crippen molar-refractivity contribution in [3.63, 3.8) is 0 Å². The number of hydrogen-bond donors (Lipinski definition) is 0. The van der Waals surface area contributed by atoms with Gasteiger partial charge in [-0.1, -0.05) is 91.0 Å². The maximum absolute atomic E-state index is 6.19. The average molecular weight is 336 g/mol. The fourth-order valence-corrected chi connectivity index (χ4v) is 3.24. The van der Waals surface area contributed by atoms with Crippen LogP contribution in [0.2, 0.25) is 0 Å². The normalized spacial score (nSPS) is 11.1. The lowest BCUT2D eigenvalue weighted by Gasteiger charge is -2.04. The molecule has 0 aliphatic heterocycles. The molecule has 0 atom stereocenters. The third-order valence-corrected chi connectivity index (χ3v) is 4.48. The molecule has 0 spiro atoms. The van der Waals surface area contributed by atoms with Crippen molar-refractivity contribution < 1.29 is 4.42 Å². The monoisotopic (exact) mass is 336 g/mol. The van der Waals surface area contributed by atoms with Crippen molar-refractivity contribution >= 4 is 5.84 Å². The lowest BCUT2D eigenvalue weighted by Crippen LogP contribution is -1.87. The number of imidazole rings is 1. The lowest BCUT2D eigenvalue weighted by molar-refractivity contribution is 0.611. The van der Waals surface area contributed by atoms with Gasteiger partial charge in [0.1, 0.15) is 5.69 Å². The minimum Gasteiger partial charge on any atom is -0.422 e. The number of hydrogen-bond acceptors (Lipinski definition) is 2. The first-order chi connectivity index (χ1) is 12.9. The van der Waals surface area contributed by atoms with Gasteiger partial charge >= 0.3 is 5.84 Å². The molecule has 5 rings (SSSR count). The number of benzene rings is 3. The highest BCUT2D eigenvalue weighted by Crippen LogP contribution is 2.36. The zero-order chi connectivity index (χ0) is 17.3. The summed E-state index contributed by atoms with van der Waals surface area (Å²) in [6, 6.07) is 30.6. The van der Waals surface area contributed by atoms with Crippen LogP contribution in [0.4, 0.5) is 0 Å². The topological polar surface area (TPSA) is 30.4 Å². The standard InChI is InChI=1S/C23H16N2O/c1-4-10-17(11-5-1)20-16-25-21(18-12-6-2-7-13-18)22(26-23(25)24-20)19-14-8-3-9-15-19/h1-16H. The van der Waals surface area contributed by atoms with Crippen molar-refractivity contribution in [2.24, 2.45) is 0 Å². The molecule has 0 bridgehead atoms. The molecule has 2 heterocycles. The van der Waals surface area contributed by atoms with Crippen molar-refractivity contribution in [2.75, 3.05) is 0 Å². The summed E-state index contributed by atoms with van der Waals surface area (Å²) in [6.07, 6.45) is 2.04. The Morgan fingerprint density at radius 1 is 0.615 bits per heavy atom. The molecule has 0 radical (unpaired) electrons. The van der Waals surface area contributed by atoms with E-state index in [0.29, 0.717) is 5.84 Å². The van der Waals surface area contributed by atoms with E-state index in [9.17, 15) is 0 Å². The molecule has 0 aliphatic carbocycles. The van der Waals surface area contributed by atoms with E-state index in [2.05, 4.69) is 36.4 Å². The number of aromatic nitrogens is 2. The highest BCUT2D eigenvalue weighted by atomic mass is 16.4. The summed E-state index contributed by atoms with van der Waals surface area (Å²) < 4.78 is 8.24. The van der Waals surface area contributed by atoms with Crippen LogP contribution in [0.25, 0.3) is 39.7 Å². The Balaban J connectivity index is 1.77. The van der Waals surface area contributed by atoms with E-state index in [1.165, 1.54) is 0 Å². The van der Waals surface area contributed by atoms with Crippen LogP contribution in [0, 0.1) is 0 Å². The average Bonchev–Trinajstić information content (AvgIpc) is 3.28. The zero-order valence-corrected chi connectivity index (χ0v) is 14.0. The van der Waals surface area contributed by atoms with Crippen molar-refractivity contribution in [3.05, 3.63) is 97.2 Å². The number of oxazole rings is 1. The van der Waals surface area contributed by atoms with E-state index in [-0.39, 0.29) is 0 Å². The van der Waals surface area contributed by atoms with Gasteiger partial charge in [-0.25, -0.2) is 0 Å². The van der Waals surface area contributed by atoms with Gasteiger partial charge in [-0.05, 0) is 0 Å². The summed E-state index contributed by atoms with van der Waals surface area (Å²) in [7, 11) is 0. The molecule has 3 heteroatoms. The Hall–Kier alpha value is -3.59. The minimum absolute atomic E-state index is 0.599. The van der Waals surface area contributed by atoms with Gasteiger partial charge < -0.3 is 4.42 Å². The largest absolute Gasteiger partial charge is 0.422 e. The Labute approximate surface area is 151 Å². The summed E-state index contributed by atoms with van der Waals surface area (Å²) in [6.45, 7) is 0. The highest BCUT2D eigenvalue weighted by Gasteiger charge is 2.19. The van der Waals surface area contributed by atoms with Crippen LogP contribution in [-0.2, 0) is 0 Å². The third-order valence-electron chi connectivity index (χ3n) is 4.48. The van der Waals surface area contributed by atoms with Crippen LogP contribution < -0.4 is 0 Å². The van der Waals surface area contributed by atoms with Gasteiger partial charge in [-0.15, -0.1) is 0 Å². The van der Waals surface area contributed by atoms with Crippen LogP contribution >= 0.6 is 0 Å². The van der Waals surface area contributed by atoms with Gasteiger partial charge in [-0.3, -0.25) is 4.40 Å². The second kappa shape index (κ2) is 6.05. The first-order valence-electron chi connectivity index (χ1n) is 8.58. The molecule has 0 aliphatic rings. The molecule has 124 valence electrons. The van der Waals surface area contributed by atoms with E-state index in [4.69, 9.17) is 9.40 Å². The van der Waals surface area contributed by atoms with Crippen LogP contribution in [0.1, 0.15) is 0 Å². The molecule has 0 saturated carbocycles. The Bertz CT molecular complexity index is 1160. The van der Waals surface area contributed by atoms with Gasteiger partial charge in [0, 0.05) is 22.9 Å². The maximum Gasteiger partial charge on any atom is 0.307 e. The van der Waals surface area contributed by atoms with Gasteiger partial charge in [0.15, 0.2) is 5.76 Å². The SMILES string of the molecule is c1ccc(-c2cn3c(-c4ccccc4)c(-c4ccccc4)oc3n2)cc1. The van der Waals surface area contributed by atoms with Crippen molar-refractivity contribution in [2.45, 2.75) is 0 Å². The summed E-state index contributed by atoms with van der Waals surface area (Å²) in [5.74, 6) is 1.43. The number of fused-ring (bicyclic) bond motifs is 1. The quantitative estimate of drug-likeness (QED) is 0.409.